The third-order valence-corrected chi connectivity index (χ3v) is 12.8. The Labute approximate surface area is 229 Å². The summed E-state index contributed by atoms with van der Waals surface area (Å²) < 4.78 is 0. The standard InChI is InChI=1S/C33H49NO4/c1-20(8-11-30(38)34-15-13-21-6-4-5-7-22(21)19-34)25-9-10-26-31-27(18-29(37)33(25,26)3)32(2)14-12-24(35)16-23(32)17-28(31)36/h4-7,20,23-29,31,35-37H,8-19H2,1-3H3/t20-,23-,24-,25+,26-,27-,28-,29+,31+,32+,33-/m1/s1. The van der Waals surface area contributed by atoms with E-state index in [1.165, 1.54) is 11.1 Å². The van der Waals surface area contributed by atoms with E-state index in [1.807, 2.05) is 4.90 Å². The first-order valence-corrected chi connectivity index (χ1v) is 15.5. The Bertz CT molecular complexity index is 1040. The zero-order valence-electron chi connectivity index (χ0n) is 23.7. The van der Waals surface area contributed by atoms with Gasteiger partial charge in [-0.3, -0.25) is 4.79 Å². The van der Waals surface area contributed by atoms with E-state index < -0.39 is 0 Å². The third kappa shape index (κ3) is 4.18. The fourth-order valence-corrected chi connectivity index (χ4v) is 10.6. The van der Waals surface area contributed by atoms with Gasteiger partial charge in [0.2, 0.25) is 5.91 Å². The van der Waals surface area contributed by atoms with E-state index in [2.05, 4.69) is 45.0 Å². The van der Waals surface area contributed by atoms with Crippen LogP contribution in [-0.2, 0) is 17.8 Å². The predicted molar refractivity (Wildman–Crippen MR) is 148 cm³/mol. The molecule has 210 valence electrons. The number of carbonyl (C=O) groups excluding carboxylic acids is 1. The van der Waals surface area contributed by atoms with Crippen LogP contribution in [-0.4, -0.2) is 51.0 Å². The molecule has 0 unspecified atom stereocenters. The second kappa shape index (κ2) is 9.89. The van der Waals surface area contributed by atoms with Crippen LogP contribution < -0.4 is 0 Å². The summed E-state index contributed by atoms with van der Waals surface area (Å²) in [6.45, 7) is 8.53. The summed E-state index contributed by atoms with van der Waals surface area (Å²) in [7, 11) is 0. The molecule has 1 aromatic carbocycles. The van der Waals surface area contributed by atoms with Crippen LogP contribution in [0.1, 0.15) is 89.7 Å². The minimum absolute atomic E-state index is 0.106. The normalized spacial score (nSPS) is 44.9. The summed E-state index contributed by atoms with van der Waals surface area (Å²) in [6, 6.07) is 8.47. The molecule has 3 N–H and O–H groups in total. The molecule has 1 heterocycles. The van der Waals surface area contributed by atoms with Crippen LogP contribution in [0, 0.1) is 46.3 Å². The predicted octanol–water partition coefficient (Wildman–Crippen LogP) is 4.95. The van der Waals surface area contributed by atoms with Crippen molar-refractivity contribution in [1.29, 1.82) is 0 Å². The Balaban J connectivity index is 1.13. The molecule has 1 aromatic rings. The molecule has 5 aliphatic rings. The number of hydrogen-bond donors (Lipinski definition) is 3. The molecule has 4 fully saturated rings. The molecule has 38 heavy (non-hydrogen) atoms. The maximum atomic E-state index is 13.2. The molecule has 6 rings (SSSR count). The van der Waals surface area contributed by atoms with Crippen molar-refractivity contribution in [3.8, 4) is 0 Å². The maximum absolute atomic E-state index is 13.2. The van der Waals surface area contributed by atoms with Crippen molar-refractivity contribution in [2.45, 2.75) is 110 Å². The summed E-state index contributed by atoms with van der Waals surface area (Å²) in [5, 5.41) is 33.6. The molecule has 5 nitrogen and oxygen atoms in total. The molecule has 1 aliphatic heterocycles. The molecule has 0 saturated heterocycles. The summed E-state index contributed by atoms with van der Waals surface area (Å²) in [6.07, 6.45) is 7.81. The Morgan fingerprint density at radius 2 is 1.79 bits per heavy atom. The Kier molecular flexibility index (Phi) is 6.97. The second-order valence-corrected chi connectivity index (χ2v) is 14.4. The lowest BCUT2D eigenvalue weighted by atomic mass is 9.43. The van der Waals surface area contributed by atoms with Gasteiger partial charge in [-0.2, -0.15) is 0 Å². The first-order chi connectivity index (χ1) is 18.1. The summed E-state index contributed by atoms with van der Waals surface area (Å²) >= 11 is 0. The van der Waals surface area contributed by atoms with E-state index in [0.29, 0.717) is 36.0 Å². The summed E-state index contributed by atoms with van der Waals surface area (Å²) in [4.78, 5) is 15.2. The number of amides is 1. The van der Waals surface area contributed by atoms with Crippen LogP contribution >= 0.6 is 0 Å². The summed E-state index contributed by atoms with van der Waals surface area (Å²) in [5.74, 6) is 2.26. The first-order valence-electron chi connectivity index (χ1n) is 15.5. The smallest absolute Gasteiger partial charge is 0.222 e. The van der Waals surface area contributed by atoms with Gasteiger partial charge >= 0.3 is 0 Å². The molecule has 0 spiro atoms. The molecule has 1 amide bonds. The van der Waals surface area contributed by atoms with Gasteiger partial charge in [0.25, 0.3) is 0 Å². The van der Waals surface area contributed by atoms with Gasteiger partial charge in [0.05, 0.1) is 18.3 Å². The van der Waals surface area contributed by atoms with Gasteiger partial charge in [0.15, 0.2) is 0 Å². The Hall–Kier alpha value is -1.43. The van der Waals surface area contributed by atoms with E-state index >= 15 is 0 Å². The van der Waals surface area contributed by atoms with E-state index in [0.717, 1.165) is 70.9 Å². The maximum Gasteiger partial charge on any atom is 0.222 e. The number of nitrogens with zero attached hydrogens (tertiary/aromatic N) is 1. The van der Waals surface area contributed by atoms with Crippen molar-refractivity contribution in [2.24, 2.45) is 46.3 Å². The Morgan fingerprint density at radius 1 is 1.03 bits per heavy atom. The van der Waals surface area contributed by atoms with Gasteiger partial charge in [-0.25, -0.2) is 0 Å². The monoisotopic (exact) mass is 523 g/mol. The molecular weight excluding hydrogens is 474 g/mol. The topological polar surface area (TPSA) is 81.0 Å². The highest BCUT2D eigenvalue weighted by Gasteiger charge is 2.65. The number of aliphatic hydroxyl groups is 3. The van der Waals surface area contributed by atoms with Gasteiger partial charge in [0.1, 0.15) is 0 Å². The molecule has 0 radical (unpaired) electrons. The van der Waals surface area contributed by atoms with Crippen molar-refractivity contribution in [3.63, 3.8) is 0 Å². The molecule has 4 saturated carbocycles. The van der Waals surface area contributed by atoms with Crippen LogP contribution in [0.2, 0.25) is 0 Å². The van der Waals surface area contributed by atoms with Gasteiger partial charge in [-0.15, -0.1) is 0 Å². The molecular formula is C33H49NO4. The molecule has 0 bridgehead atoms. The van der Waals surface area contributed by atoms with Crippen LogP contribution in [0.5, 0.6) is 0 Å². The van der Waals surface area contributed by atoms with E-state index in [9.17, 15) is 20.1 Å². The SMILES string of the molecule is C[C@H](CCC(=O)N1CCc2ccccc2C1)[C@@H]1CC[C@@H]2[C@@H]3[C@H](O)C[C@H]4C[C@H](O)CC[C@]4(C)[C@@H]3C[C@H](O)[C@@]21C. The van der Waals surface area contributed by atoms with Crippen molar-refractivity contribution in [1.82, 2.24) is 4.90 Å². The van der Waals surface area contributed by atoms with Crippen LogP contribution in [0.3, 0.4) is 0 Å². The highest BCUT2D eigenvalue weighted by molar-refractivity contribution is 5.76. The fraction of sp³-hybridized carbons (Fsp3) is 0.788. The molecule has 4 aliphatic carbocycles. The molecule has 11 atom stereocenters. The lowest BCUT2D eigenvalue weighted by molar-refractivity contribution is -0.207. The van der Waals surface area contributed by atoms with E-state index in [-0.39, 0.29) is 41.0 Å². The van der Waals surface area contributed by atoms with Crippen molar-refractivity contribution in [3.05, 3.63) is 35.4 Å². The highest BCUT2D eigenvalue weighted by Crippen LogP contribution is 2.68. The first kappa shape index (κ1) is 26.8. The molecule has 0 aromatic heterocycles. The average Bonchev–Trinajstić information content (AvgIpc) is 3.27. The van der Waals surface area contributed by atoms with Gasteiger partial charge < -0.3 is 20.2 Å². The zero-order valence-corrected chi connectivity index (χ0v) is 23.7. The third-order valence-electron chi connectivity index (χ3n) is 12.8. The summed E-state index contributed by atoms with van der Waals surface area (Å²) in [5.41, 5.74) is 2.55. The van der Waals surface area contributed by atoms with Gasteiger partial charge in [0, 0.05) is 19.5 Å². The highest BCUT2D eigenvalue weighted by atomic mass is 16.3. The van der Waals surface area contributed by atoms with Crippen molar-refractivity contribution in [2.75, 3.05) is 6.54 Å². The minimum Gasteiger partial charge on any atom is -0.393 e. The van der Waals surface area contributed by atoms with Crippen LogP contribution in [0.15, 0.2) is 24.3 Å². The van der Waals surface area contributed by atoms with Gasteiger partial charge in [-0.05, 0) is 115 Å². The number of carbonyl (C=O) groups is 1. The quantitative estimate of drug-likeness (QED) is 0.522. The van der Waals surface area contributed by atoms with Crippen molar-refractivity contribution < 1.29 is 20.1 Å². The largest absolute Gasteiger partial charge is 0.393 e. The van der Waals surface area contributed by atoms with E-state index in [4.69, 9.17) is 0 Å². The number of aliphatic hydroxyl groups excluding tert-OH is 3. The number of rotatable bonds is 4. The average molecular weight is 524 g/mol. The minimum atomic E-state index is -0.368. The second-order valence-electron chi connectivity index (χ2n) is 14.4. The lowest BCUT2D eigenvalue weighted by Gasteiger charge is -2.63. The Morgan fingerprint density at radius 3 is 2.58 bits per heavy atom. The van der Waals surface area contributed by atoms with Crippen LogP contribution in [0.25, 0.3) is 0 Å². The molecule has 5 heteroatoms. The number of fused-ring (bicyclic) bond motifs is 6. The van der Waals surface area contributed by atoms with Crippen LogP contribution in [0.4, 0.5) is 0 Å². The van der Waals surface area contributed by atoms with E-state index in [1.54, 1.807) is 0 Å². The zero-order chi connectivity index (χ0) is 26.8. The number of benzene rings is 1. The number of hydrogen-bond acceptors (Lipinski definition) is 4. The van der Waals surface area contributed by atoms with Crippen molar-refractivity contribution >= 4 is 5.91 Å². The fourth-order valence-electron chi connectivity index (χ4n) is 10.6. The van der Waals surface area contributed by atoms with Gasteiger partial charge in [-0.1, -0.05) is 45.0 Å². The lowest BCUT2D eigenvalue weighted by Crippen LogP contribution is -2.62.